The van der Waals surface area contributed by atoms with E-state index in [9.17, 15) is 26.4 Å². The molecule has 0 saturated carbocycles. The monoisotopic (exact) mass is 636 g/mol. The van der Waals surface area contributed by atoms with Crippen molar-refractivity contribution in [3.05, 3.63) is 48.0 Å². The molecule has 0 spiro atoms. The summed E-state index contributed by atoms with van der Waals surface area (Å²) in [5, 5.41) is 8.59. The van der Waals surface area contributed by atoms with Crippen LogP contribution in [0.1, 0.15) is 49.2 Å². The van der Waals surface area contributed by atoms with Gasteiger partial charge in [0.1, 0.15) is 18.4 Å². The summed E-state index contributed by atoms with van der Waals surface area (Å²) in [5.41, 5.74) is 6.42. The minimum Gasteiger partial charge on any atom is -0.410 e. The molecule has 2 unspecified atom stereocenters. The van der Waals surface area contributed by atoms with E-state index in [0.717, 1.165) is 32.9 Å². The van der Waals surface area contributed by atoms with Gasteiger partial charge in [-0.2, -0.15) is 17.9 Å². The molecule has 6 rings (SSSR count). The first-order valence-corrected chi connectivity index (χ1v) is 15.8. The second-order valence-corrected chi connectivity index (χ2v) is 13.4. The summed E-state index contributed by atoms with van der Waals surface area (Å²) in [6, 6.07) is 7.08. The Kier molecular flexibility index (Phi) is 7.53. The highest BCUT2D eigenvalue weighted by molar-refractivity contribution is 7.89. The van der Waals surface area contributed by atoms with E-state index < -0.39 is 34.3 Å². The first-order valence-electron chi connectivity index (χ1n) is 13.5. The third-order valence-electron chi connectivity index (χ3n) is 7.63. The minimum atomic E-state index is -4.76. The number of hydrogen-bond acceptors (Lipinski definition) is 10. The molecule has 228 valence electrons. The number of fused-ring (bicyclic) bond motifs is 1. The van der Waals surface area contributed by atoms with E-state index >= 15 is 0 Å². The zero-order valence-electron chi connectivity index (χ0n) is 23.0. The van der Waals surface area contributed by atoms with Gasteiger partial charge in [0.15, 0.2) is 5.01 Å². The predicted octanol–water partition coefficient (Wildman–Crippen LogP) is 4.47. The number of thiazole rings is 1. The molecule has 3 atom stereocenters. The number of halogens is 3. The average molecular weight is 637 g/mol. The number of nitrogens with one attached hydrogen (secondary N) is 1. The number of piperidine rings is 1. The van der Waals surface area contributed by atoms with E-state index in [1.165, 1.54) is 23.5 Å². The standard InChI is InChI=1S/C27H27F3N6O5S2/c1-13-9-11-36(12-10-13)26-20(40-26)19-21(42-25(32-19)24-34-33-23(41-24)22(31)37)17-7-8-18(16-6-4-3-5-15(16)17)43(38,39)35-14(2)27(28,29)30/h3-8,13-14,20,26,35H,9-12H2,1-2H3,(H2,31,37)/t14-,20?,26?/m0/s1. The Morgan fingerprint density at radius 3 is 2.49 bits per heavy atom. The molecule has 2 aliphatic rings. The van der Waals surface area contributed by atoms with Crippen LogP contribution in [0, 0.1) is 5.92 Å². The molecule has 2 aliphatic heterocycles. The van der Waals surface area contributed by atoms with Crippen molar-refractivity contribution in [3.8, 4) is 21.3 Å². The molecular weight excluding hydrogens is 609 g/mol. The molecule has 16 heteroatoms. The molecule has 2 aromatic carbocycles. The summed E-state index contributed by atoms with van der Waals surface area (Å²) in [4.78, 5) is 18.9. The molecule has 4 aromatic rings. The molecule has 3 N–H and O–H groups in total. The number of carbonyl (C=O) groups is 1. The van der Waals surface area contributed by atoms with Crippen LogP contribution in [-0.2, 0) is 14.8 Å². The van der Waals surface area contributed by atoms with Crippen LogP contribution in [0.25, 0.3) is 32.1 Å². The first kappa shape index (κ1) is 29.6. The fraction of sp³-hybridized carbons (Fsp3) is 0.407. The topological polar surface area (TPSA) is 157 Å². The minimum absolute atomic E-state index is 0.0239. The average Bonchev–Trinajstić information content (AvgIpc) is 3.36. The maximum atomic E-state index is 13.2. The number of nitrogens with zero attached hydrogens (tertiary/aromatic N) is 4. The number of nitrogens with two attached hydrogens (primary N) is 1. The largest absolute Gasteiger partial charge is 0.410 e. The molecule has 2 fully saturated rings. The number of epoxide rings is 1. The van der Waals surface area contributed by atoms with Crippen molar-refractivity contribution in [2.75, 3.05) is 13.1 Å². The van der Waals surface area contributed by atoms with Crippen LogP contribution in [0.5, 0.6) is 0 Å². The number of aromatic nitrogens is 3. The summed E-state index contributed by atoms with van der Waals surface area (Å²) in [6.07, 6.45) is -3.28. The zero-order valence-corrected chi connectivity index (χ0v) is 24.6. The van der Waals surface area contributed by atoms with Crippen molar-refractivity contribution in [1.29, 1.82) is 0 Å². The van der Waals surface area contributed by atoms with Crippen molar-refractivity contribution in [2.45, 2.75) is 56.1 Å². The van der Waals surface area contributed by atoms with Crippen molar-refractivity contribution in [1.82, 2.24) is 24.8 Å². The number of sulfonamides is 1. The van der Waals surface area contributed by atoms with Gasteiger partial charge in [0.25, 0.3) is 5.89 Å². The summed E-state index contributed by atoms with van der Waals surface area (Å²) < 4.78 is 79.1. The van der Waals surface area contributed by atoms with Gasteiger partial charge in [-0.15, -0.1) is 21.5 Å². The highest BCUT2D eigenvalue weighted by Gasteiger charge is 2.48. The summed E-state index contributed by atoms with van der Waals surface area (Å²) >= 11 is 1.18. The number of amides is 1. The fourth-order valence-electron chi connectivity index (χ4n) is 5.15. The lowest BCUT2D eigenvalue weighted by Gasteiger charge is -2.28. The quantitative estimate of drug-likeness (QED) is 0.266. The SMILES string of the molecule is CC1CCN(C2OC2c2nc(-c3nnc(C(N)=O)o3)sc2-c2ccc(S(=O)(=O)N[C@@H](C)C(F)(F)F)c3ccccc23)CC1. The molecule has 2 saturated heterocycles. The van der Waals surface area contributed by atoms with Gasteiger partial charge in [0, 0.05) is 24.0 Å². The normalized spacial score (nSPS) is 20.9. The van der Waals surface area contributed by atoms with Crippen LogP contribution in [0.3, 0.4) is 0 Å². The smallest absolute Gasteiger partial charge is 0.404 e. The third-order valence-corrected chi connectivity index (χ3v) is 10.3. The van der Waals surface area contributed by atoms with Crippen molar-refractivity contribution < 1.29 is 35.5 Å². The van der Waals surface area contributed by atoms with Gasteiger partial charge in [0.2, 0.25) is 10.0 Å². The van der Waals surface area contributed by atoms with Crippen LogP contribution < -0.4 is 10.5 Å². The zero-order chi connectivity index (χ0) is 30.7. The molecule has 0 radical (unpaired) electrons. The van der Waals surface area contributed by atoms with E-state index in [1.807, 2.05) is 0 Å². The lowest BCUT2D eigenvalue weighted by Crippen LogP contribution is -2.43. The molecule has 43 heavy (non-hydrogen) atoms. The number of primary amides is 1. The Morgan fingerprint density at radius 1 is 1.14 bits per heavy atom. The van der Waals surface area contributed by atoms with E-state index in [-0.39, 0.29) is 28.3 Å². The summed E-state index contributed by atoms with van der Waals surface area (Å²) in [7, 11) is -4.54. The molecular formula is C27H27F3N6O5S2. The Morgan fingerprint density at radius 2 is 1.84 bits per heavy atom. The number of benzene rings is 2. The van der Waals surface area contributed by atoms with E-state index in [0.29, 0.717) is 32.4 Å². The number of rotatable bonds is 8. The fourth-order valence-corrected chi connectivity index (χ4v) is 7.65. The molecule has 1 amide bonds. The van der Waals surface area contributed by atoms with Gasteiger partial charge < -0.3 is 14.9 Å². The Bertz CT molecular complexity index is 1800. The van der Waals surface area contributed by atoms with Gasteiger partial charge in [-0.3, -0.25) is 9.69 Å². The Labute approximate surface area is 248 Å². The number of ether oxygens (including phenoxy) is 1. The van der Waals surface area contributed by atoms with E-state index in [2.05, 4.69) is 22.0 Å². The molecule has 0 bridgehead atoms. The third kappa shape index (κ3) is 5.76. The van der Waals surface area contributed by atoms with Crippen molar-refractivity contribution in [2.24, 2.45) is 11.7 Å². The molecule has 2 aromatic heterocycles. The summed E-state index contributed by atoms with van der Waals surface area (Å²) in [6.45, 7) is 4.71. The van der Waals surface area contributed by atoms with Gasteiger partial charge in [0.05, 0.1) is 15.5 Å². The van der Waals surface area contributed by atoms with Gasteiger partial charge in [-0.25, -0.2) is 13.4 Å². The maximum Gasteiger partial charge on any atom is 0.404 e. The van der Waals surface area contributed by atoms with Crippen LogP contribution in [-0.4, -0.2) is 65.9 Å². The maximum absolute atomic E-state index is 13.2. The van der Waals surface area contributed by atoms with Gasteiger partial charge >= 0.3 is 18.0 Å². The number of hydrogen-bond donors (Lipinski definition) is 2. The molecule has 11 nitrogen and oxygen atoms in total. The van der Waals surface area contributed by atoms with Crippen LogP contribution in [0.2, 0.25) is 0 Å². The Balaban J connectivity index is 1.44. The molecule has 4 heterocycles. The number of likely N-dealkylation sites (tertiary alicyclic amines) is 1. The summed E-state index contributed by atoms with van der Waals surface area (Å²) in [5.74, 6) is -0.667. The molecule has 0 aliphatic carbocycles. The van der Waals surface area contributed by atoms with Crippen LogP contribution >= 0.6 is 11.3 Å². The second kappa shape index (κ2) is 10.9. The number of alkyl halides is 3. The first-order chi connectivity index (χ1) is 20.3. The Hall–Kier alpha value is -3.44. The highest BCUT2D eigenvalue weighted by atomic mass is 32.2. The lowest BCUT2D eigenvalue weighted by atomic mass is 9.98. The van der Waals surface area contributed by atoms with Gasteiger partial charge in [-0.1, -0.05) is 37.3 Å². The van der Waals surface area contributed by atoms with E-state index in [1.54, 1.807) is 29.0 Å². The lowest BCUT2D eigenvalue weighted by molar-refractivity contribution is -0.147. The van der Waals surface area contributed by atoms with Crippen LogP contribution in [0.15, 0.2) is 45.7 Å². The van der Waals surface area contributed by atoms with E-state index in [4.69, 9.17) is 19.9 Å². The van der Waals surface area contributed by atoms with Crippen LogP contribution in [0.4, 0.5) is 13.2 Å². The highest BCUT2D eigenvalue weighted by Crippen LogP contribution is 2.50. The van der Waals surface area contributed by atoms with Gasteiger partial charge in [-0.05, 0) is 37.1 Å². The van der Waals surface area contributed by atoms with Crippen molar-refractivity contribution >= 4 is 38.0 Å². The second-order valence-electron chi connectivity index (χ2n) is 10.7. The predicted molar refractivity (Wildman–Crippen MR) is 150 cm³/mol. The van der Waals surface area contributed by atoms with Crippen molar-refractivity contribution in [3.63, 3.8) is 0 Å². The number of carbonyl (C=O) groups excluding carboxylic acids is 1.